The lowest BCUT2D eigenvalue weighted by Gasteiger charge is -2.28. The largest absolute Gasteiger partial charge is 0.469 e. The Labute approximate surface area is 135 Å². The summed E-state index contributed by atoms with van der Waals surface area (Å²) in [5.41, 5.74) is 1.16. The van der Waals surface area contributed by atoms with E-state index in [2.05, 4.69) is 17.4 Å². The zero-order valence-electron chi connectivity index (χ0n) is 12.9. The van der Waals surface area contributed by atoms with E-state index in [1.165, 1.54) is 0 Å². The SMILES string of the molecule is O=C1CN(C(=O)CC(Cc2ccccc2)c2ccco2)CCN1. The Morgan fingerprint density at radius 2 is 2.04 bits per heavy atom. The fraction of sp³-hybridized carbons (Fsp3) is 0.333. The van der Waals surface area contributed by atoms with Crippen molar-refractivity contribution in [3.63, 3.8) is 0 Å². The summed E-state index contributed by atoms with van der Waals surface area (Å²) in [4.78, 5) is 25.6. The van der Waals surface area contributed by atoms with Gasteiger partial charge in [0.1, 0.15) is 5.76 Å². The van der Waals surface area contributed by atoms with Crippen LogP contribution < -0.4 is 5.32 Å². The molecule has 120 valence electrons. The summed E-state index contributed by atoms with van der Waals surface area (Å²) in [7, 11) is 0. The van der Waals surface area contributed by atoms with Crippen LogP contribution in [0.3, 0.4) is 0 Å². The molecule has 1 saturated heterocycles. The minimum Gasteiger partial charge on any atom is -0.469 e. The number of hydrogen-bond donors (Lipinski definition) is 1. The van der Waals surface area contributed by atoms with Crippen LogP contribution in [0.25, 0.3) is 0 Å². The Balaban J connectivity index is 1.71. The summed E-state index contributed by atoms with van der Waals surface area (Å²) in [5, 5.41) is 2.74. The lowest BCUT2D eigenvalue weighted by molar-refractivity contribution is -0.138. The number of amides is 2. The highest BCUT2D eigenvalue weighted by Gasteiger charge is 2.25. The highest BCUT2D eigenvalue weighted by atomic mass is 16.3. The molecule has 1 aliphatic rings. The molecule has 2 amide bonds. The second-order valence-electron chi connectivity index (χ2n) is 5.77. The number of benzene rings is 1. The van der Waals surface area contributed by atoms with Crippen LogP contribution in [0.1, 0.15) is 23.7 Å². The van der Waals surface area contributed by atoms with Gasteiger partial charge in [-0.05, 0) is 24.1 Å². The molecule has 1 aromatic carbocycles. The van der Waals surface area contributed by atoms with Gasteiger partial charge in [-0.3, -0.25) is 9.59 Å². The number of nitrogens with zero attached hydrogens (tertiary/aromatic N) is 1. The zero-order chi connectivity index (χ0) is 16.1. The lowest BCUT2D eigenvalue weighted by Crippen LogP contribution is -2.50. The maximum atomic E-state index is 12.5. The fourth-order valence-electron chi connectivity index (χ4n) is 2.89. The summed E-state index contributed by atoms with van der Waals surface area (Å²) in [6.45, 7) is 1.24. The Morgan fingerprint density at radius 1 is 1.22 bits per heavy atom. The van der Waals surface area contributed by atoms with Gasteiger partial charge in [0, 0.05) is 25.4 Å². The van der Waals surface area contributed by atoms with Gasteiger partial charge in [-0.1, -0.05) is 30.3 Å². The van der Waals surface area contributed by atoms with Crippen LogP contribution in [0.2, 0.25) is 0 Å². The summed E-state index contributed by atoms with van der Waals surface area (Å²) in [6.07, 6.45) is 2.71. The van der Waals surface area contributed by atoms with Crippen molar-refractivity contribution in [3.05, 3.63) is 60.1 Å². The highest BCUT2D eigenvalue weighted by molar-refractivity contribution is 5.86. The summed E-state index contributed by atoms with van der Waals surface area (Å²) >= 11 is 0. The second-order valence-corrected chi connectivity index (χ2v) is 5.77. The van der Waals surface area contributed by atoms with Crippen LogP contribution in [-0.4, -0.2) is 36.3 Å². The van der Waals surface area contributed by atoms with Crippen molar-refractivity contribution in [2.24, 2.45) is 0 Å². The number of furan rings is 1. The van der Waals surface area contributed by atoms with E-state index in [4.69, 9.17) is 4.42 Å². The zero-order valence-corrected chi connectivity index (χ0v) is 12.9. The van der Waals surface area contributed by atoms with E-state index in [0.29, 0.717) is 19.5 Å². The quantitative estimate of drug-likeness (QED) is 0.918. The first-order chi connectivity index (χ1) is 11.2. The molecule has 0 radical (unpaired) electrons. The Morgan fingerprint density at radius 3 is 2.74 bits per heavy atom. The molecule has 23 heavy (non-hydrogen) atoms. The molecule has 2 aromatic rings. The number of carbonyl (C=O) groups excluding carboxylic acids is 2. The minimum absolute atomic E-state index is 0.00261. The third-order valence-corrected chi connectivity index (χ3v) is 4.08. The average Bonchev–Trinajstić information content (AvgIpc) is 3.09. The molecule has 1 atom stereocenters. The summed E-state index contributed by atoms with van der Waals surface area (Å²) in [5.74, 6) is 0.688. The first-order valence-electron chi connectivity index (χ1n) is 7.84. The third kappa shape index (κ3) is 4.00. The molecule has 0 aliphatic carbocycles. The first-order valence-corrected chi connectivity index (χ1v) is 7.84. The van der Waals surface area contributed by atoms with Crippen molar-refractivity contribution in [3.8, 4) is 0 Å². The van der Waals surface area contributed by atoms with Gasteiger partial charge < -0.3 is 14.6 Å². The van der Waals surface area contributed by atoms with Crippen molar-refractivity contribution in [2.45, 2.75) is 18.8 Å². The molecule has 1 aliphatic heterocycles. The molecular weight excluding hydrogens is 292 g/mol. The predicted molar refractivity (Wildman–Crippen MR) is 85.8 cm³/mol. The Hall–Kier alpha value is -2.56. The molecule has 1 fully saturated rings. The van der Waals surface area contributed by atoms with Gasteiger partial charge in [-0.2, -0.15) is 0 Å². The number of nitrogens with one attached hydrogen (secondary N) is 1. The molecule has 2 heterocycles. The monoisotopic (exact) mass is 312 g/mol. The van der Waals surface area contributed by atoms with Crippen LogP contribution >= 0.6 is 0 Å². The number of carbonyl (C=O) groups is 2. The fourth-order valence-corrected chi connectivity index (χ4v) is 2.89. The van der Waals surface area contributed by atoms with E-state index in [1.54, 1.807) is 11.2 Å². The van der Waals surface area contributed by atoms with Crippen LogP contribution in [0, 0.1) is 0 Å². The van der Waals surface area contributed by atoms with Crippen molar-refractivity contribution in [2.75, 3.05) is 19.6 Å². The third-order valence-electron chi connectivity index (χ3n) is 4.08. The molecule has 5 heteroatoms. The lowest BCUT2D eigenvalue weighted by atomic mass is 9.93. The van der Waals surface area contributed by atoms with Gasteiger partial charge in [0.25, 0.3) is 0 Å². The van der Waals surface area contributed by atoms with Gasteiger partial charge in [0.05, 0.1) is 12.8 Å². The van der Waals surface area contributed by atoms with E-state index in [0.717, 1.165) is 17.7 Å². The van der Waals surface area contributed by atoms with Crippen LogP contribution in [-0.2, 0) is 16.0 Å². The average molecular weight is 312 g/mol. The van der Waals surface area contributed by atoms with Crippen LogP contribution in [0.15, 0.2) is 53.1 Å². The molecular formula is C18H20N2O3. The van der Waals surface area contributed by atoms with E-state index in [-0.39, 0.29) is 24.3 Å². The molecule has 5 nitrogen and oxygen atoms in total. The Bertz CT molecular complexity index is 652. The molecule has 0 spiro atoms. The molecule has 1 unspecified atom stereocenters. The van der Waals surface area contributed by atoms with Crippen LogP contribution in [0.4, 0.5) is 0 Å². The van der Waals surface area contributed by atoms with Gasteiger partial charge in [-0.25, -0.2) is 0 Å². The topological polar surface area (TPSA) is 62.6 Å². The molecule has 1 N–H and O–H groups in total. The normalized spacial score (nSPS) is 16.0. The van der Waals surface area contributed by atoms with Gasteiger partial charge in [0.2, 0.25) is 11.8 Å². The number of piperazine rings is 1. The van der Waals surface area contributed by atoms with E-state index in [9.17, 15) is 9.59 Å². The molecule has 0 saturated carbocycles. The van der Waals surface area contributed by atoms with Gasteiger partial charge in [-0.15, -0.1) is 0 Å². The van der Waals surface area contributed by atoms with Gasteiger partial charge in [0.15, 0.2) is 0 Å². The minimum atomic E-state index is -0.0952. The van der Waals surface area contributed by atoms with Crippen molar-refractivity contribution in [1.82, 2.24) is 10.2 Å². The van der Waals surface area contributed by atoms with Gasteiger partial charge >= 0.3 is 0 Å². The number of hydrogen-bond acceptors (Lipinski definition) is 3. The van der Waals surface area contributed by atoms with E-state index < -0.39 is 0 Å². The first kappa shape index (κ1) is 15.3. The predicted octanol–water partition coefficient (Wildman–Crippen LogP) is 1.95. The summed E-state index contributed by atoms with van der Waals surface area (Å²) in [6, 6.07) is 13.8. The van der Waals surface area contributed by atoms with E-state index in [1.807, 2.05) is 30.3 Å². The van der Waals surface area contributed by atoms with E-state index >= 15 is 0 Å². The van der Waals surface area contributed by atoms with Crippen molar-refractivity contribution < 1.29 is 14.0 Å². The Kier molecular flexibility index (Phi) is 4.76. The van der Waals surface area contributed by atoms with Crippen LogP contribution in [0.5, 0.6) is 0 Å². The smallest absolute Gasteiger partial charge is 0.239 e. The maximum absolute atomic E-state index is 12.5. The molecule has 0 bridgehead atoms. The highest BCUT2D eigenvalue weighted by Crippen LogP contribution is 2.26. The van der Waals surface area contributed by atoms with Crippen molar-refractivity contribution >= 4 is 11.8 Å². The molecule has 1 aromatic heterocycles. The van der Waals surface area contributed by atoms with Crippen molar-refractivity contribution in [1.29, 1.82) is 0 Å². The standard InChI is InChI=1S/C18H20N2O3/c21-17-13-20(9-8-19-17)18(22)12-15(16-7-4-10-23-16)11-14-5-2-1-3-6-14/h1-7,10,15H,8-9,11-13H2,(H,19,21). The number of rotatable bonds is 5. The second kappa shape index (κ2) is 7.13. The maximum Gasteiger partial charge on any atom is 0.239 e. The summed E-state index contributed by atoms with van der Waals surface area (Å²) < 4.78 is 5.53. The molecule has 3 rings (SSSR count).